The Morgan fingerprint density at radius 3 is 2.28 bits per heavy atom. The van der Waals surface area contributed by atoms with E-state index in [1.807, 2.05) is 0 Å². The van der Waals surface area contributed by atoms with Gasteiger partial charge in [-0.2, -0.15) is 0 Å². The Kier molecular flexibility index (Phi) is 6.65. The Balaban J connectivity index is 2.30. The van der Waals surface area contributed by atoms with E-state index in [4.69, 9.17) is 5.73 Å². The molecule has 108 valence electrons. The van der Waals surface area contributed by atoms with Crippen LogP contribution >= 0.6 is 0 Å². The minimum atomic E-state index is 0.407. The zero-order valence-corrected chi connectivity index (χ0v) is 13.0. The molecule has 2 nitrogen and oxygen atoms in total. The van der Waals surface area contributed by atoms with Crippen LogP contribution in [0.4, 0.5) is 0 Å². The highest BCUT2D eigenvalue weighted by molar-refractivity contribution is 4.77. The lowest BCUT2D eigenvalue weighted by Crippen LogP contribution is -2.39. The highest BCUT2D eigenvalue weighted by atomic mass is 15.1. The van der Waals surface area contributed by atoms with Gasteiger partial charge in [-0.15, -0.1) is 0 Å². The van der Waals surface area contributed by atoms with Crippen molar-refractivity contribution in [2.24, 2.45) is 23.0 Å². The van der Waals surface area contributed by atoms with Gasteiger partial charge in [0.15, 0.2) is 0 Å². The van der Waals surface area contributed by atoms with Gasteiger partial charge in [-0.1, -0.05) is 40.5 Å². The second kappa shape index (κ2) is 7.49. The normalized spacial score (nSPS) is 21.2. The predicted octanol–water partition coefficient (Wildman–Crippen LogP) is 3.51. The maximum Gasteiger partial charge on any atom is 0.00219 e. The molecule has 1 aliphatic rings. The first-order valence-corrected chi connectivity index (χ1v) is 7.87. The summed E-state index contributed by atoms with van der Waals surface area (Å²) in [5.74, 6) is 1.66. The lowest BCUT2D eigenvalue weighted by Gasteiger charge is -2.35. The molecule has 0 bridgehead atoms. The fraction of sp³-hybridized carbons (Fsp3) is 1.00. The van der Waals surface area contributed by atoms with Gasteiger partial charge in [0.1, 0.15) is 0 Å². The molecule has 0 aliphatic carbocycles. The average molecular weight is 254 g/mol. The molecule has 0 amide bonds. The summed E-state index contributed by atoms with van der Waals surface area (Å²) in [6, 6.07) is 0. The van der Waals surface area contributed by atoms with Crippen molar-refractivity contribution in [2.75, 3.05) is 26.2 Å². The zero-order chi connectivity index (χ0) is 13.6. The third-order valence-electron chi connectivity index (χ3n) is 4.15. The second-order valence-electron chi connectivity index (χ2n) is 7.40. The Labute approximate surface area is 114 Å². The SMILES string of the molecule is CCCC1CCN(CC(CN)CC(C)(C)C)CC1. The standard InChI is InChI=1S/C16H34N2/c1-5-6-14-7-9-18(10-8-14)13-15(12-17)11-16(2,3)4/h14-15H,5-13,17H2,1-4H3. The topological polar surface area (TPSA) is 29.3 Å². The van der Waals surface area contributed by atoms with Gasteiger partial charge in [-0.05, 0) is 56.1 Å². The number of rotatable bonds is 6. The summed E-state index contributed by atoms with van der Waals surface area (Å²) < 4.78 is 0. The molecule has 1 saturated heterocycles. The smallest absolute Gasteiger partial charge is 0.00219 e. The van der Waals surface area contributed by atoms with Gasteiger partial charge in [0.05, 0.1) is 0 Å². The number of hydrogen-bond donors (Lipinski definition) is 1. The maximum atomic E-state index is 5.95. The Hall–Kier alpha value is -0.0800. The fourth-order valence-electron chi connectivity index (χ4n) is 3.32. The second-order valence-corrected chi connectivity index (χ2v) is 7.40. The first kappa shape index (κ1) is 16.0. The van der Waals surface area contributed by atoms with Gasteiger partial charge in [0.2, 0.25) is 0 Å². The van der Waals surface area contributed by atoms with Crippen LogP contribution in [0.2, 0.25) is 0 Å². The van der Waals surface area contributed by atoms with E-state index in [1.54, 1.807) is 0 Å². The monoisotopic (exact) mass is 254 g/mol. The van der Waals surface area contributed by atoms with Crippen LogP contribution in [-0.4, -0.2) is 31.1 Å². The van der Waals surface area contributed by atoms with Crippen molar-refractivity contribution in [3.05, 3.63) is 0 Å². The molecule has 0 saturated carbocycles. The molecule has 1 atom stereocenters. The highest BCUT2D eigenvalue weighted by Crippen LogP contribution is 2.26. The first-order valence-electron chi connectivity index (χ1n) is 7.87. The van der Waals surface area contributed by atoms with E-state index in [1.165, 1.54) is 51.7 Å². The molecular formula is C16H34N2. The quantitative estimate of drug-likeness (QED) is 0.786. The van der Waals surface area contributed by atoms with E-state index >= 15 is 0 Å². The minimum absolute atomic E-state index is 0.407. The van der Waals surface area contributed by atoms with E-state index < -0.39 is 0 Å². The first-order chi connectivity index (χ1) is 8.44. The van der Waals surface area contributed by atoms with Gasteiger partial charge < -0.3 is 10.6 Å². The third-order valence-corrected chi connectivity index (χ3v) is 4.15. The summed E-state index contributed by atoms with van der Waals surface area (Å²) in [5.41, 5.74) is 6.35. The molecule has 1 heterocycles. The van der Waals surface area contributed by atoms with E-state index in [-0.39, 0.29) is 0 Å². The average Bonchev–Trinajstić information content (AvgIpc) is 2.29. The van der Waals surface area contributed by atoms with Crippen molar-refractivity contribution in [1.82, 2.24) is 4.90 Å². The van der Waals surface area contributed by atoms with Gasteiger partial charge >= 0.3 is 0 Å². The van der Waals surface area contributed by atoms with Gasteiger partial charge in [0, 0.05) is 6.54 Å². The molecule has 1 rings (SSSR count). The molecule has 1 unspecified atom stereocenters. The lowest BCUT2D eigenvalue weighted by molar-refractivity contribution is 0.141. The predicted molar refractivity (Wildman–Crippen MR) is 80.7 cm³/mol. The summed E-state index contributed by atoms with van der Waals surface area (Å²) in [6.07, 6.45) is 6.83. The lowest BCUT2D eigenvalue weighted by atomic mass is 9.84. The number of nitrogens with two attached hydrogens (primary N) is 1. The van der Waals surface area contributed by atoms with Crippen LogP contribution in [0.5, 0.6) is 0 Å². The van der Waals surface area contributed by atoms with Crippen LogP contribution in [0.1, 0.15) is 59.8 Å². The van der Waals surface area contributed by atoms with Crippen molar-refractivity contribution in [3.8, 4) is 0 Å². The number of hydrogen-bond acceptors (Lipinski definition) is 2. The van der Waals surface area contributed by atoms with E-state index in [2.05, 4.69) is 32.6 Å². The highest BCUT2D eigenvalue weighted by Gasteiger charge is 2.23. The number of piperidine rings is 1. The molecule has 0 aromatic heterocycles. The molecule has 0 radical (unpaired) electrons. The van der Waals surface area contributed by atoms with Crippen molar-refractivity contribution in [2.45, 2.75) is 59.8 Å². The van der Waals surface area contributed by atoms with E-state index in [9.17, 15) is 0 Å². The van der Waals surface area contributed by atoms with Crippen molar-refractivity contribution in [3.63, 3.8) is 0 Å². The summed E-state index contributed by atoms with van der Waals surface area (Å²) in [6.45, 7) is 13.9. The van der Waals surface area contributed by atoms with Crippen LogP contribution in [0.25, 0.3) is 0 Å². The van der Waals surface area contributed by atoms with E-state index in [0.29, 0.717) is 11.3 Å². The van der Waals surface area contributed by atoms with Gasteiger partial charge in [0.25, 0.3) is 0 Å². The molecule has 0 aromatic rings. The van der Waals surface area contributed by atoms with E-state index in [0.717, 1.165) is 12.5 Å². The number of likely N-dealkylation sites (tertiary alicyclic amines) is 1. The largest absolute Gasteiger partial charge is 0.330 e. The van der Waals surface area contributed by atoms with Gasteiger partial charge in [-0.3, -0.25) is 0 Å². The molecule has 0 aromatic carbocycles. The van der Waals surface area contributed by atoms with Crippen LogP contribution < -0.4 is 5.73 Å². The Bertz CT molecular complexity index is 212. The fourth-order valence-corrected chi connectivity index (χ4v) is 3.32. The maximum absolute atomic E-state index is 5.95. The van der Waals surface area contributed by atoms with Crippen LogP contribution in [0.15, 0.2) is 0 Å². The molecular weight excluding hydrogens is 220 g/mol. The molecule has 18 heavy (non-hydrogen) atoms. The third kappa shape index (κ3) is 6.19. The Morgan fingerprint density at radius 2 is 1.83 bits per heavy atom. The molecule has 0 spiro atoms. The molecule has 1 aliphatic heterocycles. The molecule has 1 fully saturated rings. The summed E-state index contributed by atoms with van der Waals surface area (Å²) in [5, 5.41) is 0. The summed E-state index contributed by atoms with van der Waals surface area (Å²) in [4.78, 5) is 2.65. The molecule has 2 N–H and O–H groups in total. The van der Waals surface area contributed by atoms with Crippen LogP contribution in [0, 0.1) is 17.3 Å². The number of nitrogens with zero attached hydrogens (tertiary/aromatic N) is 1. The van der Waals surface area contributed by atoms with Crippen molar-refractivity contribution in [1.29, 1.82) is 0 Å². The summed E-state index contributed by atoms with van der Waals surface area (Å²) in [7, 11) is 0. The van der Waals surface area contributed by atoms with Gasteiger partial charge in [-0.25, -0.2) is 0 Å². The van der Waals surface area contributed by atoms with Crippen molar-refractivity contribution < 1.29 is 0 Å². The zero-order valence-electron chi connectivity index (χ0n) is 13.0. The van der Waals surface area contributed by atoms with Crippen LogP contribution in [0.3, 0.4) is 0 Å². The Morgan fingerprint density at radius 1 is 1.22 bits per heavy atom. The summed E-state index contributed by atoms with van der Waals surface area (Å²) >= 11 is 0. The van der Waals surface area contributed by atoms with Crippen LogP contribution in [-0.2, 0) is 0 Å². The molecule has 2 heteroatoms. The van der Waals surface area contributed by atoms with Crippen molar-refractivity contribution >= 4 is 0 Å². The minimum Gasteiger partial charge on any atom is -0.330 e.